The molecule has 0 amide bonds. The van der Waals surface area contributed by atoms with E-state index in [9.17, 15) is 4.79 Å². The molecule has 7 heteroatoms. The van der Waals surface area contributed by atoms with Gasteiger partial charge in [0, 0.05) is 15.8 Å². The predicted octanol–water partition coefficient (Wildman–Crippen LogP) is 4.78. The minimum atomic E-state index is -0.256. The molecule has 0 atom stereocenters. The molecule has 0 bridgehead atoms. The zero-order valence-electron chi connectivity index (χ0n) is 14.1. The molecule has 1 aromatic carbocycles. The van der Waals surface area contributed by atoms with Crippen LogP contribution in [0.25, 0.3) is 15.9 Å². The van der Waals surface area contributed by atoms with Crippen molar-refractivity contribution in [3.63, 3.8) is 0 Å². The highest BCUT2D eigenvalue weighted by Gasteiger charge is 2.31. The Bertz CT molecular complexity index is 1020. The number of thiophene rings is 1. The molecule has 3 heterocycles. The number of hydrogen-bond donors (Lipinski definition) is 0. The van der Waals surface area contributed by atoms with Gasteiger partial charge in [0.1, 0.15) is 4.83 Å². The molecule has 0 saturated carbocycles. The topological polar surface area (TPSA) is 44.1 Å². The molecule has 4 nitrogen and oxygen atoms in total. The number of halogens is 1. The maximum absolute atomic E-state index is 13.4. The Balaban J connectivity index is 2.02. The lowest BCUT2D eigenvalue weighted by Gasteiger charge is -2.29. The van der Waals surface area contributed by atoms with E-state index in [2.05, 4.69) is 29.8 Å². The molecule has 130 valence electrons. The maximum Gasteiger partial charge on any atom is 0.267 e. The number of fused-ring (bicyclic) bond motifs is 3. The van der Waals surface area contributed by atoms with E-state index in [1.165, 1.54) is 11.8 Å². The van der Waals surface area contributed by atoms with E-state index >= 15 is 0 Å². The first-order chi connectivity index (χ1) is 11.9. The monoisotopic (exact) mass is 436 g/mol. The molecule has 0 fully saturated rings. The standard InChI is InChI=1S/C18H17BrN2O2S2/c1-18(2)8-12-13(9-23-18)25-15-14(12)16(22)21(17(20-15)24-3)11-6-4-10(19)5-7-11/h4-7H,8-9H2,1-3H3. The van der Waals surface area contributed by atoms with Crippen LogP contribution < -0.4 is 5.56 Å². The van der Waals surface area contributed by atoms with Gasteiger partial charge in [-0.25, -0.2) is 4.98 Å². The van der Waals surface area contributed by atoms with E-state index < -0.39 is 0 Å². The highest BCUT2D eigenvalue weighted by molar-refractivity contribution is 9.10. The van der Waals surface area contributed by atoms with Crippen LogP contribution in [0.2, 0.25) is 0 Å². The van der Waals surface area contributed by atoms with Gasteiger partial charge >= 0.3 is 0 Å². The van der Waals surface area contributed by atoms with Crippen LogP contribution in [0.4, 0.5) is 0 Å². The van der Waals surface area contributed by atoms with E-state index in [-0.39, 0.29) is 11.2 Å². The van der Waals surface area contributed by atoms with Crippen LogP contribution in [0.5, 0.6) is 0 Å². The van der Waals surface area contributed by atoms with Gasteiger partial charge in [0.25, 0.3) is 5.56 Å². The highest BCUT2D eigenvalue weighted by Crippen LogP contribution is 2.37. The summed E-state index contributed by atoms with van der Waals surface area (Å²) in [5, 5.41) is 1.45. The van der Waals surface area contributed by atoms with Crippen molar-refractivity contribution in [3.05, 3.63) is 49.5 Å². The number of aromatic nitrogens is 2. The van der Waals surface area contributed by atoms with E-state index in [1.807, 2.05) is 30.5 Å². The van der Waals surface area contributed by atoms with Gasteiger partial charge in [-0.05, 0) is 49.9 Å². The van der Waals surface area contributed by atoms with Gasteiger partial charge in [0.15, 0.2) is 5.16 Å². The Morgan fingerprint density at radius 2 is 2.04 bits per heavy atom. The lowest BCUT2D eigenvalue weighted by molar-refractivity contribution is -0.0379. The van der Waals surface area contributed by atoms with Gasteiger partial charge in [-0.15, -0.1) is 11.3 Å². The van der Waals surface area contributed by atoms with Crippen molar-refractivity contribution in [1.82, 2.24) is 9.55 Å². The van der Waals surface area contributed by atoms with Crippen LogP contribution in [0.1, 0.15) is 24.3 Å². The predicted molar refractivity (Wildman–Crippen MR) is 107 cm³/mol. The summed E-state index contributed by atoms with van der Waals surface area (Å²) in [6, 6.07) is 7.75. The first-order valence-corrected chi connectivity index (χ1v) is 10.7. The van der Waals surface area contributed by atoms with Crippen molar-refractivity contribution >= 4 is 49.2 Å². The second kappa shape index (κ2) is 6.23. The Morgan fingerprint density at radius 1 is 1.32 bits per heavy atom. The number of ether oxygens (including phenoxy) is 1. The van der Waals surface area contributed by atoms with Crippen molar-refractivity contribution in [2.75, 3.05) is 6.26 Å². The molecule has 0 unspecified atom stereocenters. The maximum atomic E-state index is 13.4. The van der Waals surface area contributed by atoms with E-state index in [4.69, 9.17) is 9.72 Å². The van der Waals surface area contributed by atoms with Gasteiger partial charge in [0.05, 0.1) is 23.3 Å². The summed E-state index contributed by atoms with van der Waals surface area (Å²) in [5.41, 5.74) is 1.69. The van der Waals surface area contributed by atoms with Crippen LogP contribution in [0.15, 0.2) is 38.7 Å². The molecule has 0 spiro atoms. The Morgan fingerprint density at radius 3 is 2.72 bits per heavy atom. The minimum absolute atomic E-state index is 0.00636. The average molecular weight is 437 g/mol. The lowest BCUT2D eigenvalue weighted by Crippen LogP contribution is -2.32. The van der Waals surface area contributed by atoms with Crippen molar-refractivity contribution < 1.29 is 4.74 Å². The fourth-order valence-electron chi connectivity index (χ4n) is 3.13. The van der Waals surface area contributed by atoms with Gasteiger partial charge in [-0.2, -0.15) is 0 Å². The Labute approximate surface area is 162 Å². The van der Waals surface area contributed by atoms with Gasteiger partial charge in [-0.3, -0.25) is 9.36 Å². The summed E-state index contributed by atoms with van der Waals surface area (Å²) in [4.78, 5) is 20.1. The number of rotatable bonds is 2. The summed E-state index contributed by atoms with van der Waals surface area (Å²) >= 11 is 6.51. The molecular weight excluding hydrogens is 420 g/mol. The van der Waals surface area contributed by atoms with Crippen molar-refractivity contribution in [1.29, 1.82) is 0 Å². The second-order valence-corrected chi connectivity index (χ2v) is 9.40. The van der Waals surface area contributed by atoms with E-state index in [0.717, 1.165) is 37.2 Å². The molecule has 1 aliphatic heterocycles. The van der Waals surface area contributed by atoms with Crippen LogP contribution in [-0.2, 0) is 17.8 Å². The van der Waals surface area contributed by atoms with Gasteiger partial charge in [0.2, 0.25) is 0 Å². The van der Waals surface area contributed by atoms with Gasteiger partial charge < -0.3 is 4.74 Å². The lowest BCUT2D eigenvalue weighted by atomic mass is 9.94. The summed E-state index contributed by atoms with van der Waals surface area (Å²) in [6.45, 7) is 4.68. The highest BCUT2D eigenvalue weighted by atomic mass is 79.9. The Hall–Kier alpha value is -1.15. The Kier molecular flexibility index (Phi) is 4.30. The van der Waals surface area contributed by atoms with Gasteiger partial charge in [-0.1, -0.05) is 27.7 Å². The fraction of sp³-hybridized carbons (Fsp3) is 0.333. The van der Waals surface area contributed by atoms with E-state index in [1.54, 1.807) is 15.9 Å². The zero-order valence-corrected chi connectivity index (χ0v) is 17.3. The number of thioether (sulfide) groups is 1. The molecule has 0 saturated heterocycles. The molecular formula is C18H17BrN2O2S2. The van der Waals surface area contributed by atoms with Crippen LogP contribution in [-0.4, -0.2) is 21.4 Å². The molecule has 0 N–H and O–H groups in total. The number of nitrogens with zero attached hydrogens (tertiary/aromatic N) is 2. The quantitative estimate of drug-likeness (QED) is 0.428. The zero-order chi connectivity index (χ0) is 17.8. The minimum Gasteiger partial charge on any atom is -0.370 e. The summed E-state index contributed by atoms with van der Waals surface area (Å²) in [5.74, 6) is 0. The molecule has 4 rings (SSSR count). The van der Waals surface area contributed by atoms with Crippen LogP contribution in [0, 0.1) is 0 Å². The van der Waals surface area contributed by atoms with E-state index in [0.29, 0.717) is 11.8 Å². The summed E-state index contributed by atoms with van der Waals surface area (Å²) in [7, 11) is 0. The second-order valence-electron chi connectivity index (χ2n) is 6.62. The smallest absolute Gasteiger partial charge is 0.267 e. The first kappa shape index (κ1) is 17.3. The normalized spacial score (nSPS) is 16.2. The number of hydrogen-bond acceptors (Lipinski definition) is 5. The van der Waals surface area contributed by atoms with Crippen LogP contribution >= 0.6 is 39.0 Å². The third kappa shape index (κ3) is 2.97. The first-order valence-electron chi connectivity index (χ1n) is 7.91. The summed E-state index contributed by atoms with van der Waals surface area (Å²) in [6.07, 6.45) is 2.68. The SMILES string of the molecule is CSc1nc2sc3c(c2c(=O)n1-c1ccc(Br)cc1)CC(C)(C)OC3. The third-order valence-corrected chi connectivity index (χ3v) is 6.61. The fourth-order valence-corrected chi connectivity index (χ4v) is 5.10. The number of benzene rings is 1. The summed E-state index contributed by atoms with van der Waals surface area (Å²) < 4.78 is 8.61. The molecule has 3 aromatic rings. The molecule has 25 heavy (non-hydrogen) atoms. The molecule has 0 radical (unpaired) electrons. The average Bonchev–Trinajstić information content (AvgIpc) is 2.92. The third-order valence-electron chi connectivity index (χ3n) is 4.34. The van der Waals surface area contributed by atoms with Crippen molar-refractivity contribution in [2.24, 2.45) is 0 Å². The van der Waals surface area contributed by atoms with Crippen molar-refractivity contribution in [3.8, 4) is 5.69 Å². The van der Waals surface area contributed by atoms with Crippen LogP contribution in [0.3, 0.4) is 0 Å². The molecule has 0 aliphatic carbocycles. The molecule has 1 aliphatic rings. The molecule has 2 aromatic heterocycles. The van der Waals surface area contributed by atoms with Crippen molar-refractivity contribution in [2.45, 2.75) is 37.6 Å². The largest absolute Gasteiger partial charge is 0.370 e.